The summed E-state index contributed by atoms with van der Waals surface area (Å²) in [5.74, 6) is -0.115. The van der Waals surface area contributed by atoms with Crippen LogP contribution in [0.4, 0.5) is 0 Å². The van der Waals surface area contributed by atoms with Crippen LogP contribution < -0.4 is 16.2 Å². The van der Waals surface area contributed by atoms with Gasteiger partial charge in [-0.25, -0.2) is 10.9 Å². The van der Waals surface area contributed by atoms with Crippen LogP contribution in [0.1, 0.15) is 34.1 Å². The summed E-state index contributed by atoms with van der Waals surface area (Å²) in [6.45, 7) is 1.83. The third-order valence-electron chi connectivity index (χ3n) is 3.58. The fraction of sp³-hybridized carbons (Fsp3) is 0.357. The lowest BCUT2D eigenvalue weighted by Gasteiger charge is -2.11. The number of amides is 1. The fourth-order valence-corrected chi connectivity index (χ4v) is 2.52. The predicted octanol–water partition coefficient (Wildman–Crippen LogP) is 0.419. The highest BCUT2D eigenvalue weighted by atomic mass is 16.2. The van der Waals surface area contributed by atoms with Crippen LogP contribution >= 0.6 is 0 Å². The molecule has 3 N–H and O–H groups in total. The summed E-state index contributed by atoms with van der Waals surface area (Å²) in [6, 6.07) is 4.09. The molecular weight excluding hydrogens is 268 g/mol. The van der Waals surface area contributed by atoms with E-state index in [1.165, 1.54) is 0 Å². The van der Waals surface area contributed by atoms with E-state index in [-0.39, 0.29) is 18.1 Å². The quantitative estimate of drug-likeness (QED) is 0.761. The van der Waals surface area contributed by atoms with E-state index in [0.717, 1.165) is 17.7 Å². The second-order valence-electron chi connectivity index (χ2n) is 5.19. The number of aromatic nitrogens is 3. The minimum Gasteiger partial charge on any atom is -0.335 e. The van der Waals surface area contributed by atoms with Crippen LogP contribution in [0.15, 0.2) is 30.7 Å². The average molecular weight is 286 g/mol. The van der Waals surface area contributed by atoms with E-state index >= 15 is 0 Å². The van der Waals surface area contributed by atoms with Gasteiger partial charge in [0.25, 0.3) is 5.91 Å². The normalized spacial score (nSPS) is 21.4. The first-order chi connectivity index (χ1) is 10.1. The summed E-state index contributed by atoms with van der Waals surface area (Å²) in [5.41, 5.74) is 8.77. The van der Waals surface area contributed by atoms with Crippen molar-refractivity contribution in [1.82, 2.24) is 30.9 Å². The molecule has 1 fully saturated rings. The molecule has 1 aliphatic heterocycles. The summed E-state index contributed by atoms with van der Waals surface area (Å²) < 4.78 is 1.64. The Kier molecular flexibility index (Phi) is 3.68. The Balaban J connectivity index is 1.62. The summed E-state index contributed by atoms with van der Waals surface area (Å²) in [5, 5.41) is 7.15. The number of aryl methyl sites for hydroxylation is 2. The Morgan fingerprint density at radius 1 is 1.38 bits per heavy atom. The molecule has 3 rings (SSSR count). The van der Waals surface area contributed by atoms with Crippen molar-refractivity contribution in [2.75, 3.05) is 0 Å². The number of rotatable bonds is 3. The molecule has 1 amide bonds. The van der Waals surface area contributed by atoms with Crippen molar-refractivity contribution in [2.24, 2.45) is 7.05 Å². The Labute approximate surface area is 122 Å². The molecule has 2 aromatic heterocycles. The number of hydrazine groups is 1. The van der Waals surface area contributed by atoms with Gasteiger partial charge in [-0.15, -0.1) is 0 Å². The van der Waals surface area contributed by atoms with Gasteiger partial charge in [-0.2, -0.15) is 5.10 Å². The molecule has 3 heterocycles. The Hall–Kier alpha value is -2.25. The largest absolute Gasteiger partial charge is 0.335 e. The molecule has 0 aliphatic carbocycles. The number of hydrogen-bond donors (Lipinski definition) is 3. The van der Waals surface area contributed by atoms with Crippen molar-refractivity contribution in [2.45, 2.75) is 25.6 Å². The Bertz CT molecular complexity index is 638. The minimum atomic E-state index is -0.115. The van der Waals surface area contributed by atoms with E-state index < -0.39 is 0 Å². The second kappa shape index (κ2) is 5.63. The lowest BCUT2D eigenvalue weighted by Crippen LogP contribution is -2.44. The first kappa shape index (κ1) is 13.7. The zero-order valence-electron chi connectivity index (χ0n) is 12.0. The molecule has 110 valence electrons. The van der Waals surface area contributed by atoms with Gasteiger partial charge in [0.15, 0.2) is 0 Å². The number of pyridine rings is 1. The smallest absolute Gasteiger partial charge is 0.256 e. The fourth-order valence-electron chi connectivity index (χ4n) is 2.52. The lowest BCUT2D eigenvalue weighted by atomic mass is 10.1. The van der Waals surface area contributed by atoms with Crippen LogP contribution in [0.2, 0.25) is 0 Å². The highest BCUT2D eigenvalue weighted by Crippen LogP contribution is 2.20. The number of nitrogens with zero attached hydrogens (tertiary/aromatic N) is 3. The van der Waals surface area contributed by atoms with Gasteiger partial charge >= 0.3 is 0 Å². The molecular formula is C14H18N6O. The molecule has 1 saturated heterocycles. The maximum Gasteiger partial charge on any atom is 0.256 e. The van der Waals surface area contributed by atoms with Gasteiger partial charge < -0.3 is 5.32 Å². The van der Waals surface area contributed by atoms with Crippen LogP contribution in [0.3, 0.4) is 0 Å². The Morgan fingerprint density at radius 2 is 2.14 bits per heavy atom. The molecule has 21 heavy (non-hydrogen) atoms. The van der Waals surface area contributed by atoms with Crippen LogP contribution in [-0.2, 0) is 7.05 Å². The topological polar surface area (TPSA) is 83.9 Å². The van der Waals surface area contributed by atoms with Gasteiger partial charge in [0.05, 0.1) is 17.4 Å². The molecule has 2 atom stereocenters. The third-order valence-corrected chi connectivity index (χ3v) is 3.58. The van der Waals surface area contributed by atoms with Crippen molar-refractivity contribution in [1.29, 1.82) is 0 Å². The van der Waals surface area contributed by atoms with Crippen molar-refractivity contribution in [3.8, 4) is 0 Å². The van der Waals surface area contributed by atoms with Crippen LogP contribution in [0.25, 0.3) is 0 Å². The van der Waals surface area contributed by atoms with Gasteiger partial charge in [0.1, 0.15) is 0 Å². The molecule has 0 aromatic carbocycles. The summed E-state index contributed by atoms with van der Waals surface area (Å²) in [6.07, 6.45) is 5.92. The van der Waals surface area contributed by atoms with Crippen molar-refractivity contribution < 1.29 is 4.79 Å². The maximum atomic E-state index is 12.2. The monoisotopic (exact) mass is 286 g/mol. The number of hydrogen-bond acceptors (Lipinski definition) is 5. The molecule has 2 unspecified atom stereocenters. The van der Waals surface area contributed by atoms with Gasteiger partial charge in [-0.1, -0.05) is 0 Å². The average Bonchev–Trinajstić information content (AvgIpc) is 3.06. The van der Waals surface area contributed by atoms with Gasteiger partial charge in [0, 0.05) is 38.1 Å². The number of carbonyl (C=O) groups is 1. The SMILES string of the molecule is Cc1nn(C)cc1C(=O)NC1CC(c2ccncc2)NN1. The number of carbonyl (C=O) groups excluding carboxylic acids is 1. The second-order valence-corrected chi connectivity index (χ2v) is 5.19. The van der Waals surface area contributed by atoms with Crippen LogP contribution in [-0.4, -0.2) is 26.8 Å². The lowest BCUT2D eigenvalue weighted by molar-refractivity contribution is 0.0931. The van der Waals surface area contributed by atoms with E-state index in [9.17, 15) is 4.79 Å². The van der Waals surface area contributed by atoms with Crippen LogP contribution in [0.5, 0.6) is 0 Å². The van der Waals surface area contributed by atoms with E-state index in [2.05, 4.69) is 26.3 Å². The van der Waals surface area contributed by atoms with E-state index in [1.807, 2.05) is 19.1 Å². The zero-order chi connectivity index (χ0) is 14.8. The number of nitrogens with one attached hydrogen (secondary N) is 3. The minimum absolute atomic E-state index is 0.115. The van der Waals surface area contributed by atoms with Crippen molar-refractivity contribution in [3.63, 3.8) is 0 Å². The Morgan fingerprint density at radius 3 is 2.81 bits per heavy atom. The van der Waals surface area contributed by atoms with E-state index in [1.54, 1.807) is 30.3 Å². The highest BCUT2D eigenvalue weighted by molar-refractivity contribution is 5.95. The van der Waals surface area contributed by atoms with Gasteiger partial charge in [0.2, 0.25) is 0 Å². The molecule has 7 heteroatoms. The molecule has 0 spiro atoms. The summed E-state index contributed by atoms with van der Waals surface area (Å²) in [7, 11) is 1.80. The zero-order valence-corrected chi connectivity index (χ0v) is 12.0. The van der Waals surface area contributed by atoms with Crippen molar-refractivity contribution >= 4 is 5.91 Å². The van der Waals surface area contributed by atoms with Gasteiger partial charge in [-0.05, 0) is 24.6 Å². The standard InChI is InChI=1S/C14H18N6O/c1-9-11(8-20(2)19-9)14(21)16-13-7-12(17-18-13)10-3-5-15-6-4-10/h3-6,8,12-13,17-18H,7H2,1-2H3,(H,16,21). The van der Waals surface area contributed by atoms with E-state index in [4.69, 9.17) is 0 Å². The summed E-state index contributed by atoms with van der Waals surface area (Å²) >= 11 is 0. The van der Waals surface area contributed by atoms with Crippen molar-refractivity contribution in [3.05, 3.63) is 47.5 Å². The highest BCUT2D eigenvalue weighted by Gasteiger charge is 2.27. The summed E-state index contributed by atoms with van der Waals surface area (Å²) in [4.78, 5) is 16.2. The molecule has 0 saturated carbocycles. The molecule has 2 aromatic rings. The third kappa shape index (κ3) is 2.93. The van der Waals surface area contributed by atoms with Crippen LogP contribution in [0, 0.1) is 6.92 Å². The van der Waals surface area contributed by atoms with E-state index in [0.29, 0.717) is 5.56 Å². The maximum absolute atomic E-state index is 12.2. The molecule has 0 radical (unpaired) electrons. The first-order valence-electron chi connectivity index (χ1n) is 6.85. The van der Waals surface area contributed by atoms with Gasteiger partial charge in [-0.3, -0.25) is 14.5 Å². The molecule has 0 bridgehead atoms. The molecule has 1 aliphatic rings. The predicted molar refractivity (Wildman–Crippen MR) is 77.1 cm³/mol. The first-order valence-corrected chi connectivity index (χ1v) is 6.85. The molecule has 7 nitrogen and oxygen atoms in total.